The topological polar surface area (TPSA) is 49.4 Å². The number of carbonyl (C=O) groups is 2. The Labute approximate surface area is 123 Å². The molecule has 3 unspecified atom stereocenters. The van der Waals surface area contributed by atoms with Crippen LogP contribution >= 0.6 is 0 Å². The Morgan fingerprint density at radius 2 is 1.80 bits per heavy atom. The van der Waals surface area contributed by atoms with Gasteiger partial charge in [0.1, 0.15) is 12.1 Å². The fourth-order valence-corrected chi connectivity index (χ4v) is 2.94. The minimum absolute atomic E-state index is 0.00754. The third-order valence-electron chi connectivity index (χ3n) is 4.21. The molecule has 0 saturated carbocycles. The third kappa shape index (κ3) is 3.74. The van der Waals surface area contributed by atoms with E-state index in [1.165, 1.54) is 12.8 Å². The van der Waals surface area contributed by atoms with E-state index in [1.807, 2.05) is 25.7 Å². The van der Waals surface area contributed by atoms with Crippen LogP contribution in [-0.4, -0.2) is 34.8 Å². The van der Waals surface area contributed by atoms with E-state index in [0.29, 0.717) is 6.42 Å². The van der Waals surface area contributed by atoms with Crippen LogP contribution < -0.4 is 5.32 Å². The molecule has 1 saturated heterocycles. The first-order valence-electron chi connectivity index (χ1n) is 8.06. The van der Waals surface area contributed by atoms with E-state index in [-0.39, 0.29) is 35.9 Å². The summed E-state index contributed by atoms with van der Waals surface area (Å²) in [5.41, 5.74) is 0. The minimum atomic E-state index is -0.362. The van der Waals surface area contributed by atoms with Gasteiger partial charge in [-0.15, -0.1) is 0 Å². The molecule has 0 aromatic rings. The van der Waals surface area contributed by atoms with Gasteiger partial charge in [-0.2, -0.15) is 0 Å². The lowest BCUT2D eigenvalue weighted by Crippen LogP contribution is -2.66. The first-order chi connectivity index (χ1) is 9.43. The molecular weight excluding hydrogens is 252 g/mol. The van der Waals surface area contributed by atoms with Gasteiger partial charge >= 0.3 is 0 Å². The lowest BCUT2D eigenvalue weighted by molar-refractivity contribution is -0.153. The predicted molar refractivity (Wildman–Crippen MR) is 81.3 cm³/mol. The lowest BCUT2D eigenvalue weighted by Gasteiger charge is -2.43. The molecule has 0 radical (unpaired) electrons. The van der Waals surface area contributed by atoms with Crippen LogP contribution in [0.5, 0.6) is 0 Å². The van der Waals surface area contributed by atoms with Gasteiger partial charge in [-0.1, -0.05) is 47.0 Å². The minimum Gasteiger partial charge on any atom is -0.342 e. The second-order valence-corrected chi connectivity index (χ2v) is 6.24. The molecule has 3 atom stereocenters. The molecular formula is C16H30N2O2. The molecule has 20 heavy (non-hydrogen) atoms. The zero-order chi connectivity index (χ0) is 15.3. The Balaban J connectivity index is 2.84. The van der Waals surface area contributed by atoms with Crippen LogP contribution in [0.1, 0.15) is 66.7 Å². The van der Waals surface area contributed by atoms with E-state index in [9.17, 15) is 9.59 Å². The van der Waals surface area contributed by atoms with Crippen molar-refractivity contribution in [2.75, 3.05) is 0 Å². The number of amides is 2. The van der Waals surface area contributed by atoms with Gasteiger partial charge in [-0.05, 0) is 25.7 Å². The van der Waals surface area contributed by atoms with Crippen LogP contribution in [0.15, 0.2) is 0 Å². The molecule has 0 aliphatic carbocycles. The summed E-state index contributed by atoms with van der Waals surface area (Å²) in [6.07, 6.45) is 5.14. The standard InChI is InChI=1S/C16H30N2O2/c1-6-8-9-10-12(5)18-13(7-2)15(19)17-14(11(3)4)16(18)20/h11-14H,6-10H2,1-5H3,(H,17,19). The summed E-state index contributed by atoms with van der Waals surface area (Å²) in [6, 6.07) is -0.514. The van der Waals surface area contributed by atoms with Crippen LogP contribution in [0.25, 0.3) is 0 Å². The van der Waals surface area contributed by atoms with Crippen molar-refractivity contribution in [3.63, 3.8) is 0 Å². The average molecular weight is 282 g/mol. The van der Waals surface area contributed by atoms with E-state index in [4.69, 9.17) is 0 Å². The highest BCUT2D eigenvalue weighted by atomic mass is 16.2. The van der Waals surface area contributed by atoms with E-state index in [0.717, 1.165) is 12.8 Å². The second-order valence-electron chi connectivity index (χ2n) is 6.24. The summed E-state index contributed by atoms with van der Waals surface area (Å²) in [5, 5.41) is 2.89. The van der Waals surface area contributed by atoms with Crippen molar-refractivity contribution in [2.24, 2.45) is 5.92 Å². The van der Waals surface area contributed by atoms with Crippen molar-refractivity contribution in [3.05, 3.63) is 0 Å². The number of hydrogen-bond donors (Lipinski definition) is 1. The number of nitrogens with zero attached hydrogens (tertiary/aromatic N) is 1. The number of nitrogens with one attached hydrogen (secondary N) is 1. The summed E-state index contributed by atoms with van der Waals surface area (Å²) in [7, 11) is 0. The van der Waals surface area contributed by atoms with Gasteiger partial charge in [0.15, 0.2) is 0 Å². The molecule has 2 amide bonds. The molecule has 0 bridgehead atoms. The Bertz CT molecular complexity index is 341. The summed E-state index contributed by atoms with van der Waals surface area (Å²) < 4.78 is 0. The van der Waals surface area contributed by atoms with Crippen LogP contribution in [0.3, 0.4) is 0 Å². The Morgan fingerprint density at radius 1 is 1.15 bits per heavy atom. The predicted octanol–water partition coefficient (Wildman–Crippen LogP) is 2.72. The smallest absolute Gasteiger partial charge is 0.246 e. The summed E-state index contributed by atoms with van der Waals surface area (Å²) in [4.78, 5) is 26.7. The summed E-state index contributed by atoms with van der Waals surface area (Å²) in [6.45, 7) is 10.2. The SMILES string of the molecule is CCCCCC(C)N1C(=O)C(C(C)C)NC(=O)C1CC. The van der Waals surface area contributed by atoms with Crippen LogP contribution in [0.4, 0.5) is 0 Å². The van der Waals surface area contributed by atoms with E-state index in [1.54, 1.807) is 0 Å². The van der Waals surface area contributed by atoms with E-state index < -0.39 is 0 Å². The van der Waals surface area contributed by atoms with Gasteiger partial charge < -0.3 is 10.2 Å². The molecule has 1 rings (SSSR count). The fourth-order valence-electron chi connectivity index (χ4n) is 2.94. The highest BCUT2D eigenvalue weighted by Gasteiger charge is 2.42. The Morgan fingerprint density at radius 3 is 2.30 bits per heavy atom. The van der Waals surface area contributed by atoms with Crippen molar-refractivity contribution < 1.29 is 9.59 Å². The first kappa shape index (κ1) is 17.0. The van der Waals surface area contributed by atoms with E-state index >= 15 is 0 Å². The number of piperazine rings is 1. The van der Waals surface area contributed by atoms with Crippen molar-refractivity contribution in [1.29, 1.82) is 0 Å². The molecule has 0 aromatic heterocycles. The third-order valence-corrected chi connectivity index (χ3v) is 4.21. The quantitative estimate of drug-likeness (QED) is 0.730. The van der Waals surface area contributed by atoms with Gasteiger partial charge in [0.2, 0.25) is 11.8 Å². The van der Waals surface area contributed by atoms with Crippen LogP contribution in [-0.2, 0) is 9.59 Å². The van der Waals surface area contributed by atoms with Crippen LogP contribution in [0.2, 0.25) is 0 Å². The maximum Gasteiger partial charge on any atom is 0.246 e. The zero-order valence-corrected chi connectivity index (χ0v) is 13.6. The fraction of sp³-hybridized carbons (Fsp3) is 0.875. The zero-order valence-electron chi connectivity index (χ0n) is 13.6. The molecule has 1 N–H and O–H groups in total. The number of rotatable bonds is 7. The molecule has 4 heteroatoms. The second kappa shape index (κ2) is 7.65. The molecule has 116 valence electrons. The summed E-state index contributed by atoms with van der Waals surface area (Å²) in [5.74, 6) is 0.234. The molecule has 1 fully saturated rings. The average Bonchev–Trinajstić information content (AvgIpc) is 2.40. The number of hydrogen-bond acceptors (Lipinski definition) is 2. The van der Waals surface area contributed by atoms with E-state index in [2.05, 4.69) is 19.2 Å². The largest absolute Gasteiger partial charge is 0.342 e. The highest BCUT2D eigenvalue weighted by Crippen LogP contribution is 2.22. The van der Waals surface area contributed by atoms with Crippen molar-refractivity contribution >= 4 is 11.8 Å². The maximum absolute atomic E-state index is 12.7. The Hall–Kier alpha value is -1.06. The van der Waals surface area contributed by atoms with Gasteiger partial charge in [0, 0.05) is 6.04 Å². The molecule has 0 aromatic carbocycles. The highest BCUT2D eigenvalue weighted by molar-refractivity contribution is 5.97. The maximum atomic E-state index is 12.7. The number of carbonyl (C=O) groups excluding carboxylic acids is 2. The molecule has 1 aliphatic heterocycles. The van der Waals surface area contributed by atoms with Crippen molar-refractivity contribution in [1.82, 2.24) is 10.2 Å². The molecule has 0 spiro atoms. The summed E-state index contributed by atoms with van der Waals surface area (Å²) >= 11 is 0. The first-order valence-corrected chi connectivity index (χ1v) is 8.06. The van der Waals surface area contributed by atoms with Crippen LogP contribution in [0, 0.1) is 5.92 Å². The normalized spacial score (nSPS) is 25.0. The van der Waals surface area contributed by atoms with Gasteiger partial charge in [0.05, 0.1) is 0 Å². The lowest BCUT2D eigenvalue weighted by atomic mass is 9.94. The van der Waals surface area contributed by atoms with Gasteiger partial charge in [-0.25, -0.2) is 0 Å². The Kier molecular flexibility index (Phi) is 6.50. The van der Waals surface area contributed by atoms with Gasteiger partial charge in [-0.3, -0.25) is 9.59 Å². The molecule has 4 nitrogen and oxygen atoms in total. The molecule has 1 aliphatic rings. The van der Waals surface area contributed by atoms with Crippen molar-refractivity contribution in [3.8, 4) is 0 Å². The van der Waals surface area contributed by atoms with Gasteiger partial charge in [0.25, 0.3) is 0 Å². The van der Waals surface area contributed by atoms with Crippen molar-refractivity contribution in [2.45, 2.75) is 84.8 Å². The number of unbranched alkanes of at least 4 members (excludes halogenated alkanes) is 2. The molecule has 1 heterocycles. The monoisotopic (exact) mass is 282 g/mol.